The Bertz CT molecular complexity index is 804. The van der Waals surface area contributed by atoms with Crippen molar-refractivity contribution in [3.8, 4) is 0 Å². The van der Waals surface area contributed by atoms with E-state index in [2.05, 4.69) is 10.3 Å². The molecule has 1 aromatic heterocycles. The second-order valence-electron chi connectivity index (χ2n) is 6.34. The minimum atomic E-state index is -0.760. The first-order chi connectivity index (χ1) is 12.4. The van der Waals surface area contributed by atoms with E-state index in [9.17, 15) is 18.4 Å². The molecule has 1 aliphatic heterocycles. The molecule has 1 fully saturated rings. The van der Waals surface area contributed by atoms with Crippen molar-refractivity contribution >= 4 is 23.2 Å². The second-order valence-corrected chi connectivity index (χ2v) is 7.22. The SMILES string of the molecule is CC(=O)NCc1csc([C@H]2CCCN(C(=O)c3cc(F)cc(F)c3)C2)n1. The van der Waals surface area contributed by atoms with Gasteiger partial charge in [-0.2, -0.15) is 0 Å². The van der Waals surface area contributed by atoms with Gasteiger partial charge >= 0.3 is 0 Å². The summed E-state index contributed by atoms with van der Waals surface area (Å²) in [4.78, 5) is 29.8. The largest absolute Gasteiger partial charge is 0.351 e. The fourth-order valence-corrected chi connectivity index (χ4v) is 3.98. The van der Waals surface area contributed by atoms with Crippen LogP contribution >= 0.6 is 11.3 Å². The Balaban J connectivity index is 1.69. The van der Waals surface area contributed by atoms with Crippen molar-refractivity contribution in [3.63, 3.8) is 0 Å². The number of aromatic nitrogens is 1. The highest BCUT2D eigenvalue weighted by Crippen LogP contribution is 2.30. The number of piperidine rings is 1. The summed E-state index contributed by atoms with van der Waals surface area (Å²) in [6.07, 6.45) is 1.70. The Labute approximate surface area is 154 Å². The van der Waals surface area contributed by atoms with E-state index in [0.717, 1.165) is 41.7 Å². The summed E-state index contributed by atoms with van der Waals surface area (Å²) in [6.45, 7) is 2.85. The van der Waals surface area contributed by atoms with Crippen LogP contribution in [0.25, 0.3) is 0 Å². The number of thiazole rings is 1. The standard InChI is InChI=1S/C18H19F2N3O2S/c1-11(24)21-8-16-10-26-17(22-16)12-3-2-4-23(9-12)18(25)13-5-14(19)7-15(20)6-13/h5-7,10,12H,2-4,8-9H2,1H3,(H,21,24)/t12-/m0/s1. The second kappa shape index (κ2) is 7.90. The molecule has 0 unspecified atom stereocenters. The molecular weight excluding hydrogens is 360 g/mol. The Morgan fingerprint density at radius 3 is 2.73 bits per heavy atom. The number of halogens is 2. The average Bonchev–Trinajstić information content (AvgIpc) is 3.07. The van der Waals surface area contributed by atoms with Gasteiger partial charge < -0.3 is 10.2 Å². The zero-order chi connectivity index (χ0) is 18.7. The molecule has 5 nitrogen and oxygen atoms in total. The number of nitrogens with zero attached hydrogens (tertiary/aromatic N) is 2. The van der Waals surface area contributed by atoms with Crippen LogP contribution < -0.4 is 5.32 Å². The van der Waals surface area contributed by atoms with Crippen molar-refractivity contribution in [2.75, 3.05) is 13.1 Å². The predicted molar refractivity (Wildman–Crippen MR) is 93.9 cm³/mol. The smallest absolute Gasteiger partial charge is 0.254 e. The minimum Gasteiger partial charge on any atom is -0.351 e. The van der Waals surface area contributed by atoms with E-state index < -0.39 is 11.6 Å². The van der Waals surface area contributed by atoms with Crippen LogP contribution in [-0.4, -0.2) is 34.8 Å². The molecule has 1 aromatic carbocycles. The lowest BCUT2D eigenvalue weighted by atomic mass is 9.98. The normalized spacial score (nSPS) is 17.2. The fraction of sp³-hybridized carbons (Fsp3) is 0.389. The molecule has 2 heterocycles. The number of carbonyl (C=O) groups excluding carboxylic acids is 2. The van der Waals surface area contributed by atoms with Gasteiger partial charge in [0.15, 0.2) is 0 Å². The van der Waals surface area contributed by atoms with Gasteiger partial charge in [-0.15, -0.1) is 11.3 Å². The van der Waals surface area contributed by atoms with Gasteiger partial charge in [-0.25, -0.2) is 13.8 Å². The van der Waals surface area contributed by atoms with Gasteiger partial charge in [-0.3, -0.25) is 9.59 Å². The van der Waals surface area contributed by atoms with Crippen LogP contribution in [0.5, 0.6) is 0 Å². The van der Waals surface area contributed by atoms with E-state index >= 15 is 0 Å². The molecular formula is C18H19F2N3O2S. The molecule has 2 amide bonds. The van der Waals surface area contributed by atoms with E-state index in [0.29, 0.717) is 19.6 Å². The molecule has 1 saturated heterocycles. The third-order valence-corrected chi connectivity index (χ3v) is 5.31. The van der Waals surface area contributed by atoms with Gasteiger partial charge in [0.05, 0.1) is 17.2 Å². The number of nitrogens with one attached hydrogen (secondary N) is 1. The van der Waals surface area contributed by atoms with Gasteiger partial charge in [0, 0.05) is 42.9 Å². The topological polar surface area (TPSA) is 62.3 Å². The zero-order valence-corrected chi connectivity index (χ0v) is 15.1. The van der Waals surface area contributed by atoms with E-state index in [1.807, 2.05) is 5.38 Å². The lowest BCUT2D eigenvalue weighted by molar-refractivity contribution is -0.119. The fourth-order valence-electron chi connectivity index (χ4n) is 3.03. The van der Waals surface area contributed by atoms with E-state index in [4.69, 9.17) is 0 Å². The first kappa shape index (κ1) is 18.4. The number of benzene rings is 1. The lowest BCUT2D eigenvalue weighted by Crippen LogP contribution is -2.39. The maximum Gasteiger partial charge on any atom is 0.254 e. The molecule has 0 aliphatic carbocycles. The average molecular weight is 379 g/mol. The van der Waals surface area contributed by atoms with Crippen LogP contribution in [0.2, 0.25) is 0 Å². The molecule has 8 heteroatoms. The quantitative estimate of drug-likeness (QED) is 0.888. The van der Waals surface area contributed by atoms with Crippen LogP contribution in [0.4, 0.5) is 8.78 Å². The molecule has 3 rings (SSSR count). The first-order valence-corrected chi connectivity index (χ1v) is 9.24. The van der Waals surface area contributed by atoms with Crippen LogP contribution in [-0.2, 0) is 11.3 Å². The van der Waals surface area contributed by atoms with Crippen LogP contribution in [0.3, 0.4) is 0 Å². The number of likely N-dealkylation sites (tertiary alicyclic amines) is 1. The molecule has 0 saturated carbocycles. The molecule has 26 heavy (non-hydrogen) atoms. The van der Waals surface area contributed by atoms with Crippen molar-refractivity contribution in [2.24, 2.45) is 0 Å². The highest BCUT2D eigenvalue weighted by atomic mass is 32.1. The predicted octanol–water partition coefficient (Wildman–Crippen LogP) is 3.08. The molecule has 1 aliphatic rings. The van der Waals surface area contributed by atoms with Crippen molar-refractivity contribution < 1.29 is 18.4 Å². The number of amides is 2. The summed E-state index contributed by atoms with van der Waals surface area (Å²) in [6, 6.07) is 2.87. The molecule has 0 spiro atoms. The highest BCUT2D eigenvalue weighted by Gasteiger charge is 2.27. The highest BCUT2D eigenvalue weighted by molar-refractivity contribution is 7.09. The van der Waals surface area contributed by atoms with Crippen molar-refractivity contribution in [1.29, 1.82) is 0 Å². The van der Waals surface area contributed by atoms with Crippen LogP contribution in [0.15, 0.2) is 23.6 Å². The molecule has 0 radical (unpaired) electrons. The zero-order valence-electron chi connectivity index (χ0n) is 14.3. The Hall–Kier alpha value is -2.35. The summed E-state index contributed by atoms with van der Waals surface area (Å²) in [5, 5.41) is 5.51. The van der Waals surface area contributed by atoms with Crippen molar-refractivity contribution in [2.45, 2.75) is 32.2 Å². The van der Waals surface area contributed by atoms with Gasteiger partial charge in [-0.05, 0) is 25.0 Å². The molecule has 2 aromatic rings. The van der Waals surface area contributed by atoms with E-state index in [-0.39, 0.29) is 23.3 Å². The van der Waals surface area contributed by atoms with Gasteiger partial charge in [0.1, 0.15) is 11.6 Å². The van der Waals surface area contributed by atoms with Crippen LogP contribution in [0, 0.1) is 11.6 Å². The van der Waals surface area contributed by atoms with Crippen molar-refractivity contribution in [3.05, 3.63) is 51.5 Å². The van der Waals surface area contributed by atoms with Crippen molar-refractivity contribution in [1.82, 2.24) is 15.2 Å². The monoisotopic (exact) mass is 379 g/mol. The minimum absolute atomic E-state index is 0.0219. The maximum absolute atomic E-state index is 13.4. The van der Waals surface area contributed by atoms with Crippen LogP contribution in [0.1, 0.15) is 46.7 Å². The lowest BCUT2D eigenvalue weighted by Gasteiger charge is -2.32. The molecule has 0 bridgehead atoms. The number of carbonyl (C=O) groups is 2. The summed E-state index contributed by atoms with van der Waals surface area (Å²) in [7, 11) is 0. The van der Waals surface area contributed by atoms with E-state index in [1.54, 1.807) is 4.90 Å². The van der Waals surface area contributed by atoms with Gasteiger partial charge in [-0.1, -0.05) is 0 Å². The molecule has 1 N–H and O–H groups in total. The summed E-state index contributed by atoms with van der Waals surface area (Å²) < 4.78 is 26.8. The maximum atomic E-state index is 13.4. The third-order valence-electron chi connectivity index (χ3n) is 4.26. The number of rotatable bonds is 4. The van der Waals surface area contributed by atoms with Gasteiger partial charge in [0.25, 0.3) is 5.91 Å². The summed E-state index contributed by atoms with van der Waals surface area (Å²) in [5.41, 5.74) is 0.810. The van der Waals surface area contributed by atoms with E-state index in [1.165, 1.54) is 18.3 Å². The molecule has 1 atom stereocenters. The summed E-state index contributed by atoms with van der Waals surface area (Å²) >= 11 is 1.50. The Kier molecular flexibility index (Phi) is 5.61. The van der Waals surface area contributed by atoms with Gasteiger partial charge in [0.2, 0.25) is 5.91 Å². The third kappa shape index (κ3) is 4.43. The Morgan fingerprint density at radius 2 is 2.04 bits per heavy atom. The first-order valence-electron chi connectivity index (χ1n) is 8.36. The summed E-state index contributed by atoms with van der Waals surface area (Å²) in [5.74, 6) is -1.92. The number of hydrogen-bond acceptors (Lipinski definition) is 4. The Morgan fingerprint density at radius 1 is 1.31 bits per heavy atom. The number of hydrogen-bond donors (Lipinski definition) is 1. The molecule has 138 valence electrons.